The second-order valence-electron chi connectivity index (χ2n) is 8.37. The normalized spacial score (nSPS) is 20.8. The molecule has 2 aliphatic rings. The van der Waals surface area contributed by atoms with Crippen molar-refractivity contribution in [3.63, 3.8) is 0 Å². The van der Waals surface area contributed by atoms with E-state index in [0.717, 1.165) is 59.4 Å². The zero-order valence-electron chi connectivity index (χ0n) is 18.0. The molecular weight excluding hydrogens is 418 g/mol. The van der Waals surface area contributed by atoms with Gasteiger partial charge in [-0.2, -0.15) is 0 Å². The van der Waals surface area contributed by atoms with E-state index in [9.17, 15) is 9.59 Å². The van der Waals surface area contributed by atoms with Crippen LogP contribution in [0.25, 0.3) is 10.2 Å². The standard InChI is InChI=1S/C22H31N3O3S2/c1-4-17-13(2)29-20-18(17)21(27)25(12-16-10-7-11-28-16)22(24-20)30-14(3)19(26)23-15-8-5-6-9-15/h14-16H,4-12H2,1-3H3,(H,23,26). The van der Waals surface area contributed by atoms with Crippen molar-refractivity contribution in [3.05, 3.63) is 20.8 Å². The molecule has 0 radical (unpaired) electrons. The molecule has 30 heavy (non-hydrogen) atoms. The van der Waals surface area contributed by atoms with Gasteiger partial charge in [0.25, 0.3) is 5.56 Å². The highest BCUT2D eigenvalue weighted by Gasteiger charge is 2.26. The Hall–Kier alpha value is -1.38. The van der Waals surface area contributed by atoms with Crippen LogP contribution >= 0.6 is 23.1 Å². The van der Waals surface area contributed by atoms with Gasteiger partial charge < -0.3 is 10.1 Å². The predicted molar refractivity (Wildman–Crippen MR) is 123 cm³/mol. The Bertz CT molecular complexity index is 972. The number of aromatic nitrogens is 2. The number of carbonyl (C=O) groups excluding carboxylic acids is 1. The smallest absolute Gasteiger partial charge is 0.263 e. The molecule has 1 N–H and O–H groups in total. The Kier molecular flexibility index (Phi) is 6.85. The lowest BCUT2D eigenvalue weighted by atomic mass is 10.1. The highest BCUT2D eigenvalue weighted by atomic mass is 32.2. The van der Waals surface area contributed by atoms with Crippen molar-refractivity contribution < 1.29 is 9.53 Å². The second kappa shape index (κ2) is 9.40. The Labute approximate surface area is 185 Å². The number of thiophene rings is 1. The highest BCUT2D eigenvalue weighted by molar-refractivity contribution is 8.00. The number of fused-ring (bicyclic) bond motifs is 1. The average molecular weight is 450 g/mol. The van der Waals surface area contributed by atoms with Gasteiger partial charge in [0.05, 0.1) is 23.3 Å². The zero-order valence-corrected chi connectivity index (χ0v) is 19.7. The van der Waals surface area contributed by atoms with Crippen LogP contribution in [0.5, 0.6) is 0 Å². The fraction of sp³-hybridized carbons (Fsp3) is 0.682. The van der Waals surface area contributed by atoms with Gasteiger partial charge in [-0.3, -0.25) is 14.2 Å². The van der Waals surface area contributed by atoms with E-state index in [1.54, 1.807) is 15.9 Å². The summed E-state index contributed by atoms with van der Waals surface area (Å²) < 4.78 is 7.57. The minimum Gasteiger partial charge on any atom is -0.376 e. The molecule has 2 aromatic heterocycles. The summed E-state index contributed by atoms with van der Waals surface area (Å²) in [6, 6.07) is 0.289. The molecule has 164 valence electrons. The fourth-order valence-corrected chi connectivity index (χ4v) is 6.58. The van der Waals surface area contributed by atoms with Crippen molar-refractivity contribution in [2.24, 2.45) is 0 Å². The highest BCUT2D eigenvalue weighted by Crippen LogP contribution is 2.31. The van der Waals surface area contributed by atoms with Crippen molar-refractivity contribution in [3.8, 4) is 0 Å². The number of nitrogens with one attached hydrogen (secondary N) is 1. The van der Waals surface area contributed by atoms with Crippen molar-refractivity contribution in [2.45, 2.75) is 94.8 Å². The van der Waals surface area contributed by atoms with Crippen LogP contribution < -0.4 is 10.9 Å². The number of carbonyl (C=O) groups is 1. The van der Waals surface area contributed by atoms with Crippen LogP contribution in [0.4, 0.5) is 0 Å². The maximum absolute atomic E-state index is 13.5. The largest absolute Gasteiger partial charge is 0.376 e. The van der Waals surface area contributed by atoms with Gasteiger partial charge in [-0.1, -0.05) is 31.5 Å². The van der Waals surface area contributed by atoms with E-state index < -0.39 is 0 Å². The number of aryl methyl sites for hydroxylation is 2. The molecule has 3 heterocycles. The maximum Gasteiger partial charge on any atom is 0.263 e. The maximum atomic E-state index is 13.5. The van der Waals surface area contributed by atoms with Gasteiger partial charge in [0.15, 0.2) is 5.16 Å². The summed E-state index contributed by atoms with van der Waals surface area (Å²) >= 11 is 2.96. The molecule has 1 saturated heterocycles. The summed E-state index contributed by atoms with van der Waals surface area (Å²) in [6.45, 7) is 7.28. The monoisotopic (exact) mass is 449 g/mol. The van der Waals surface area contributed by atoms with Gasteiger partial charge >= 0.3 is 0 Å². The summed E-state index contributed by atoms with van der Waals surface area (Å²) in [6.07, 6.45) is 7.32. The first-order valence-corrected chi connectivity index (χ1v) is 12.8. The summed E-state index contributed by atoms with van der Waals surface area (Å²) in [7, 11) is 0. The predicted octanol–water partition coefficient (Wildman–Crippen LogP) is 4.05. The van der Waals surface area contributed by atoms with Crippen LogP contribution in [0.1, 0.15) is 62.8 Å². The molecular formula is C22H31N3O3S2. The van der Waals surface area contributed by atoms with Gasteiger partial charge in [-0.05, 0) is 51.5 Å². The number of hydrogen-bond donors (Lipinski definition) is 1. The molecule has 1 saturated carbocycles. The van der Waals surface area contributed by atoms with Crippen LogP contribution in [-0.4, -0.2) is 39.5 Å². The lowest BCUT2D eigenvalue weighted by molar-refractivity contribution is -0.120. The van der Waals surface area contributed by atoms with Crippen LogP contribution in [-0.2, 0) is 22.5 Å². The van der Waals surface area contributed by atoms with Gasteiger partial charge in [-0.25, -0.2) is 4.98 Å². The third kappa shape index (κ3) is 4.46. The van der Waals surface area contributed by atoms with E-state index in [2.05, 4.69) is 19.2 Å². The molecule has 2 atom stereocenters. The van der Waals surface area contributed by atoms with E-state index in [1.165, 1.54) is 24.6 Å². The number of ether oxygens (including phenoxy) is 1. The van der Waals surface area contributed by atoms with Crippen LogP contribution in [0.15, 0.2) is 9.95 Å². The molecule has 0 spiro atoms. The number of hydrogen-bond acceptors (Lipinski definition) is 6. The Balaban J connectivity index is 1.65. The first kappa shape index (κ1) is 21.8. The number of amides is 1. The average Bonchev–Trinajstić information content (AvgIpc) is 3.46. The number of rotatable bonds is 7. The third-order valence-electron chi connectivity index (χ3n) is 6.19. The molecule has 1 amide bonds. The van der Waals surface area contributed by atoms with E-state index in [-0.39, 0.29) is 28.9 Å². The Morgan fingerprint density at radius 1 is 1.33 bits per heavy atom. The van der Waals surface area contributed by atoms with Gasteiger partial charge in [0.2, 0.25) is 5.91 Å². The molecule has 1 aliphatic carbocycles. The van der Waals surface area contributed by atoms with Crippen LogP contribution in [0.2, 0.25) is 0 Å². The SMILES string of the molecule is CCc1c(C)sc2nc(SC(C)C(=O)NC3CCCC3)n(CC3CCCO3)c(=O)c12. The molecule has 2 fully saturated rings. The molecule has 0 aromatic carbocycles. The minimum atomic E-state index is -0.308. The number of thioether (sulfide) groups is 1. The Morgan fingerprint density at radius 2 is 2.10 bits per heavy atom. The molecule has 0 bridgehead atoms. The van der Waals surface area contributed by atoms with Crippen molar-refractivity contribution in [2.75, 3.05) is 6.61 Å². The van der Waals surface area contributed by atoms with E-state index in [4.69, 9.17) is 9.72 Å². The quantitative estimate of drug-likeness (QED) is 0.510. The minimum absolute atomic E-state index is 0.00241. The van der Waals surface area contributed by atoms with E-state index in [0.29, 0.717) is 11.7 Å². The van der Waals surface area contributed by atoms with Crippen molar-refractivity contribution >= 4 is 39.2 Å². The van der Waals surface area contributed by atoms with Crippen molar-refractivity contribution in [1.82, 2.24) is 14.9 Å². The Morgan fingerprint density at radius 3 is 2.77 bits per heavy atom. The van der Waals surface area contributed by atoms with Gasteiger partial charge in [-0.15, -0.1) is 11.3 Å². The summed E-state index contributed by atoms with van der Waals surface area (Å²) in [5.41, 5.74) is 1.10. The first-order chi connectivity index (χ1) is 14.5. The summed E-state index contributed by atoms with van der Waals surface area (Å²) in [5, 5.41) is 4.23. The molecule has 6 nitrogen and oxygen atoms in total. The number of nitrogens with zero attached hydrogens (tertiary/aromatic N) is 2. The summed E-state index contributed by atoms with van der Waals surface area (Å²) in [4.78, 5) is 33.1. The van der Waals surface area contributed by atoms with Crippen LogP contribution in [0, 0.1) is 6.92 Å². The lowest BCUT2D eigenvalue weighted by Gasteiger charge is -2.19. The first-order valence-electron chi connectivity index (χ1n) is 11.1. The lowest BCUT2D eigenvalue weighted by Crippen LogP contribution is -2.38. The third-order valence-corrected chi connectivity index (χ3v) is 8.33. The van der Waals surface area contributed by atoms with Gasteiger partial charge in [0, 0.05) is 17.5 Å². The molecule has 2 unspecified atom stereocenters. The van der Waals surface area contributed by atoms with Crippen molar-refractivity contribution in [1.29, 1.82) is 0 Å². The second-order valence-corrected chi connectivity index (χ2v) is 10.9. The van der Waals surface area contributed by atoms with E-state index in [1.807, 2.05) is 6.92 Å². The fourth-order valence-electron chi connectivity index (χ4n) is 4.50. The zero-order chi connectivity index (χ0) is 21.3. The topological polar surface area (TPSA) is 73.2 Å². The molecule has 8 heteroatoms. The van der Waals surface area contributed by atoms with Gasteiger partial charge in [0.1, 0.15) is 4.83 Å². The molecule has 1 aliphatic heterocycles. The van der Waals surface area contributed by atoms with E-state index >= 15 is 0 Å². The molecule has 4 rings (SSSR count). The molecule has 2 aromatic rings. The summed E-state index contributed by atoms with van der Waals surface area (Å²) in [5.74, 6) is 0.0292. The van der Waals surface area contributed by atoms with Crippen LogP contribution in [0.3, 0.4) is 0 Å².